The number of benzene rings is 1. The summed E-state index contributed by atoms with van der Waals surface area (Å²) in [4.78, 5) is 13.7. The fraction of sp³-hybridized carbons (Fsp3) is 0.364. The summed E-state index contributed by atoms with van der Waals surface area (Å²) in [6, 6.07) is 5.83. The molecule has 1 heterocycles. The number of para-hydroxylation sites is 1. The van der Waals surface area contributed by atoms with Crippen LogP contribution in [0.25, 0.3) is 0 Å². The van der Waals surface area contributed by atoms with Crippen LogP contribution in [0.4, 0.5) is 5.69 Å². The Kier molecular flexibility index (Phi) is 3.97. The Hall–Kier alpha value is -0.000000000000000111. The van der Waals surface area contributed by atoms with Crippen molar-refractivity contribution in [3.05, 3.63) is 27.1 Å². The molecule has 0 aliphatic carbocycles. The van der Waals surface area contributed by atoms with E-state index in [2.05, 4.69) is 44.5 Å². The first-order chi connectivity index (χ1) is 7.63. The molecule has 0 saturated carbocycles. The molecule has 1 aromatic carbocycles. The molecule has 16 heavy (non-hydrogen) atoms. The summed E-state index contributed by atoms with van der Waals surface area (Å²) in [7, 11) is 0. The van der Waals surface area contributed by atoms with E-state index in [0.29, 0.717) is 12.3 Å². The number of hydrogen-bond donors (Lipinski definition) is 1. The fourth-order valence-electron chi connectivity index (χ4n) is 1.87. The second kappa shape index (κ2) is 5.10. The first-order valence-electron chi connectivity index (χ1n) is 4.98. The highest BCUT2D eigenvalue weighted by Gasteiger charge is 2.31. The standard InChI is InChI=1S/C11H11Br2NOS/c12-8-2-1-3-9(13)11(8)14-5-7(6-16)4-10(14)15/h1-3,7,16H,4-6H2. The smallest absolute Gasteiger partial charge is 0.227 e. The quantitative estimate of drug-likeness (QED) is 0.796. The van der Waals surface area contributed by atoms with Gasteiger partial charge in [-0.15, -0.1) is 0 Å². The molecule has 0 radical (unpaired) electrons. The predicted molar refractivity (Wildman–Crippen MR) is 76.2 cm³/mol. The van der Waals surface area contributed by atoms with Crippen LogP contribution < -0.4 is 4.90 Å². The van der Waals surface area contributed by atoms with Gasteiger partial charge in [0.1, 0.15) is 0 Å². The third kappa shape index (κ3) is 2.31. The molecule has 0 spiro atoms. The molecular weight excluding hydrogens is 354 g/mol. The third-order valence-corrected chi connectivity index (χ3v) is 4.47. The maximum atomic E-state index is 11.9. The summed E-state index contributed by atoms with van der Waals surface area (Å²) in [6.07, 6.45) is 0.595. The number of anilines is 1. The van der Waals surface area contributed by atoms with Crippen LogP contribution in [0.15, 0.2) is 27.1 Å². The average molecular weight is 365 g/mol. The summed E-state index contributed by atoms with van der Waals surface area (Å²) in [6.45, 7) is 0.754. The molecule has 1 aliphatic heterocycles. The Balaban J connectivity index is 2.35. The minimum atomic E-state index is 0.173. The highest BCUT2D eigenvalue weighted by molar-refractivity contribution is 9.11. The molecule has 1 aromatic rings. The van der Waals surface area contributed by atoms with E-state index in [9.17, 15) is 4.79 Å². The molecule has 1 atom stereocenters. The van der Waals surface area contributed by atoms with Gasteiger partial charge in [0.15, 0.2) is 0 Å². The molecule has 1 fully saturated rings. The minimum Gasteiger partial charge on any atom is -0.310 e. The Labute approximate surface area is 117 Å². The lowest BCUT2D eigenvalue weighted by Gasteiger charge is -2.19. The first kappa shape index (κ1) is 12.5. The molecule has 0 N–H and O–H groups in total. The number of amides is 1. The van der Waals surface area contributed by atoms with Crippen LogP contribution in [-0.2, 0) is 4.79 Å². The number of carbonyl (C=O) groups is 1. The van der Waals surface area contributed by atoms with Crippen molar-refractivity contribution in [1.82, 2.24) is 0 Å². The molecular formula is C11H11Br2NOS. The van der Waals surface area contributed by atoms with E-state index in [4.69, 9.17) is 0 Å². The van der Waals surface area contributed by atoms with Crippen LogP contribution in [-0.4, -0.2) is 18.2 Å². The zero-order valence-corrected chi connectivity index (χ0v) is 12.6. The van der Waals surface area contributed by atoms with E-state index in [1.807, 2.05) is 23.1 Å². The van der Waals surface area contributed by atoms with Gasteiger partial charge in [0.05, 0.1) is 5.69 Å². The predicted octanol–water partition coefficient (Wildman–Crippen LogP) is 3.49. The van der Waals surface area contributed by atoms with Gasteiger partial charge in [-0.1, -0.05) is 6.07 Å². The van der Waals surface area contributed by atoms with Crippen molar-refractivity contribution in [3.63, 3.8) is 0 Å². The summed E-state index contributed by atoms with van der Waals surface area (Å²) < 4.78 is 1.88. The number of halogens is 2. The SMILES string of the molecule is O=C1CC(CS)CN1c1c(Br)cccc1Br. The van der Waals surface area contributed by atoms with Gasteiger partial charge in [-0.25, -0.2) is 0 Å². The van der Waals surface area contributed by atoms with Crippen molar-refractivity contribution in [2.75, 3.05) is 17.2 Å². The molecule has 2 rings (SSSR count). The van der Waals surface area contributed by atoms with Gasteiger partial charge in [0.2, 0.25) is 5.91 Å². The Morgan fingerprint density at radius 1 is 1.38 bits per heavy atom. The summed E-state index contributed by atoms with van der Waals surface area (Å²) in [5, 5.41) is 0. The average Bonchev–Trinajstić information content (AvgIpc) is 2.60. The molecule has 0 bridgehead atoms. The molecule has 5 heteroatoms. The van der Waals surface area contributed by atoms with Crippen LogP contribution in [0.3, 0.4) is 0 Å². The minimum absolute atomic E-state index is 0.173. The van der Waals surface area contributed by atoms with Gasteiger partial charge in [-0.3, -0.25) is 4.79 Å². The normalized spacial score (nSPS) is 20.6. The van der Waals surface area contributed by atoms with Crippen LogP contribution in [0.2, 0.25) is 0 Å². The van der Waals surface area contributed by atoms with E-state index in [1.165, 1.54) is 0 Å². The highest BCUT2D eigenvalue weighted by atomic mass is 79.9. The van der Waals surface area contributed by atoms with Crippen LogP contribution in [0, 0.1) is 5.92 Å². The molecule has 1 aliphatic rings. The van der Waals surface area contributed by atoms with Gasteiger partial charge >= 0.3 is 0 Å². The van der Waals surface area contributed by atoms with E-state index < -0.39 is 0 Å². The third-order valence-electron chi connectivity index (χ3n) is 2.67. The van der Waals surface area contributed by atoms with Crippen molar-refractivity contribution in [2.24, 2.45) is 5.92 Å². The van der Waals surface area contributed by atoms with Gasteiger partial charge in [-0.05, 0) is 55.7 Å². The molecule has 86 valence electrons. The van der Waals surface area contributed by atoms with Crippen LogP contribution >= 0.6 is 44.5 Å². The lowest BCUT2D eigenvalue weighted by Crippen LogP contribution is -2.25. The lowest BCUT2D eigenvalue weighted by molar-refractivity contribution is -0.117. The van der Waals surface area contributed by atoms with E-state index >= 15 is 0 Å². The number of rotatable bonds is 2. The lowest BCUT2D eigenvalue weighted by atomic mass is 10.1. The Morgan fingerprint density at radius 2 is 2.00 bits per heavy atom. The van der Waals surface area contributed by atoms with Gasteiger partial charge < -0.3 is 4.90 Å². The van der Waals surface area contributed by atoms with Crippen molar-refractivity contribution >= 4 is 56.1 Å². The number of carbonyl (C=O) groups excluding carboxylic acids is 1. The Bertz CT molecular complexity index is 404. The zero-order chi connectivity index (χ0) is 11.7. The fourth-order valence-corrected chi connectivity index (χ4v) is 3.54. The zero-order valence-electron chi connectivity index (χ0n) is 8.49. The summed E-state index contributed by atoms with van der Waals surface area (Å²) >= 11 is 11.2. The molecule has 2 nitrogen and oxygen atoms in total. The van der Waals surface area contributed by atoms with Gasteiger partial charge in [0, 0.05) is 21.9 Å². The first-order valence-corrected chi connectivity index (χ1v) is 7.20. The van der Waals surface area contributed by atoms with Crippen molar-refractivity contribution in [1.29, 1.82) is 0 Å². The molecule has 1 unspecified atom stereocenters. The van der Waals surface area contributed by atoms with Crippen molar-refractivity contribution in [3.8, 4) is 0 Å². The molecule has 1 amide bonds. The van der Waals surface area contributed by atoms with E-state index in [0.717, 1.165) is 26.9 Å². The summed E-state index contributed by atoms with van der Waals surface area (Å²) in [5.41, 5.74) is 0.928. The monoisotopic (exact) mass is 363 g/mol. The Morgan fingerprint density at radius 3 is 2.50 bits per heavy atom. The van der Waals surface area contributed by atoms with Crippen molar-refractivity contribution < 1.29 is 4.79 Å². The van der Waals surface area contributed by atoms with E-state index in [1.54, 1.807) is 0 Å². The maximum absolute atomic E-state index is 11.9. The van der Waals surface area contributed by atoms with Gasteiger partial charge in [-0.2, -0.15) is 12.6 Å². The number of nitrogens with zero attached hydrogens (tertiary/aromatic N) is 1. The molecule has 1 saturated heterocycles. The second-order valence-electron chi connectivity index (χ2n) is 3.83. The summed E-state index contributed by atoms with van der Waals surface area (Å²) in [5.74, 6) is 1.28. The van der Waals surface area contributed by atoms with Gasteiger partial charge in [0.25, 0.3) is 0 Å². The van der Waals surface area contributed by atoms with Crippen molar-refractivity contribution in [2.45, 2.75) is 6.42 Å². The number of thiol groups is 1. The van der Waals surface area contributed by atoms with E-state index in [-0.39, 0.29) is 5.91 Å². The number of hydrogen-bond acceptors (Lipinski definition) is 2. The van der Waals surface area contributed by atoms with Crippen LogP contribution in [0.1, 0.15) is 6.42 Å². The largest absolute Gasteiger partial charge is 0.310 e. The highest BCUT2D eigenvalue weighted by Crippen LogP contribution is 2.37. The second-order valence-corrected chi connectivity index (χ2v) is 5.90. The topological polar surface area (TPSA) is 20.3 Å². The molecule has 0 aromatic heterocycles. The van der Waals surface area contributed by atoms with Crippen LogP contribution in [0.5, 0.6) is 0 Å². The maximum Gasteiger partial charge on any atom is 0.227 e.